The van der Waals surface area contributed by atoms with Crippen molar-refractivity contribution in [2.45, 2.75) is 31.3 Å². The Morgan fingerprint density at radius 1 is 1.03 bits per heavy atom. The zero-order chi connectivity index (χ0) is 22.4. The molecule has 0 spiro atoms. The lowest BCUT2D eigenvalue weighted by Crippen LogP contribution is -2.41. The minimum absolute atomic E-state index is 0. The third-order valence-electron chi connectivity index (χ3n) is 5.77. The van der Waals surface area contributed by atoms with E-state index < -0.39 is 0 Å². The van der Waals surface area contributed by atoms with Crippen molar-refractivity contribution in [3.63, 3.8) is 0 Å². The third-order valence-corrected chi connectivity index (χ3v) is 5.77. The van der Waals surface area contributed by atoms with Crippen molar-refractivity contribution < 1.29 is 13.6 Å². The van der Waals surface area contributed by atoms with E-state index in [1.165, 1.54) is 6.07 Å². The number of hydrogen-bond acceptors (Lipinski definition) is 3. The number of halogens is 2. The number of hydrogen-bond donors (Lipinski definition) is 3. The molecular weight excluding hydrogens is 534 g/mol. The van der Waals surface area contributed by atoms with Crippen LogP contribution in [-0.4, -0.2) is 25.5 Å². The second-order valence-corrected chi connectivity index (χ2v) is 8.00. The SMILES string of the molecule is CN=C(NCc1cccc(C(=O)NCc2ccco2)c1)NCC1(c2ccccc2F)CC1.I. The predicted molar refractivity (Wildman–Crippen MR) is 137 cm³/mol. The van der Waals surface area contributed by atoms with Crippen LogP contribution in [-0.2, 0) is 18.5 Å². The van der Waals surface area contributed by atoms with Gasteiger partial charge in [-0.1, -0.05) is 30.3 Å². The van der Waals surface area contributed by atoms with Crippen molar-refractivity contribution in [1.29, 1.82) is 0 Å². The topological polar surface area (TPSA) is 78.7 Å². The molecule has 0 atom stereocenters. The molecule has 4 rings (SSSR count). The molecular formula is C25H28FIN4O2. The number of nitrogens with one attached hydrogen (secondary N) is 3. The Hall–Kier alpha value is -2.88. The average Bonchev–Trinajstić information content (AvgIpc) is 3.42. The summed E-state index contributed by atoms with van der Waals surface area (Å²) in [6.07, 6.45) is 3.48. The highest BCUT2D eigenvalue weighted by atomic mass is 127. The van der Waals surface area contributed by atoms with E-state index in [4.69, 9.17) is 4.42 Å². The molecule has 8 heteroatoms. The maximum atomic E-state index is 14.2. The van der Waals surface area contributed by atoms with Crippen molar-refractivity contribution in [3.8, 4) is 0 Å². The van der Waals surface area contributed by atoms with E-state index in [0.717, 1.165) is 24.0 Å². The maximum absolute atomic E-state index is 14.2. The molecule has 1 aromatic heterocycles. The lowest BCUT2D eigenvalue weighted by Gasteiger charge is -2.19. The second kappa shape index (κ2) is 11.3. The molecule has 0 aliphatic heterocycles. The molecule has 1 fully saturated rings. The standard InChI is InChI=1S/C25H27FN4O2.HI/c1-27-24(30-17-25(11-12-25)21-9-2-3-10-22(21)26)29-15-18-6-4-7-19(14-18)23(31)28-16-20-8-5-13-32-20;/h2-10,13-14H,11-12,15-17H2,1H3,(H,28,31)(H2,27,29,30);1H. The van der Waals surface area contributed by atoms with E-state index in [1.54, 1.807) is 31.5 Å². The lowest BCUT2D eigenvalue weighted by atomic mass is 9.95. The first kappa shape index (κ1) is 24.8. The molecule has 1 aliphatic rings. The Bertz CT molecular complexity index is 1100. The maximum Gasteiger partial charge on any atom is 0.251 e. The van der Waals surface area contributed by atoms with Gasteiger partial charge in [-0.25, -0.2) is 4.39 Å². The fraction of sp³-hybridized carbons (Fsp3) is 0.280. The van der Waals surface area contributed by atoms with Gasteiger partial charge in [0.1, 0.15) is 11.6 Å². The highest BCUT2D eigenvalue weighted by molar-refractivity contribution is 14.0. The molecule has 1 amide bonds. The van der Waals surface area contributed by atoms with Crippen LogP contribution in [0.15, 0.2) is 76.3 Å². The summed E-state index contributed by atoms with van der Waals surface area (Å²) in [5.74, 6) is 1.03. The van der Waals surface area contributed by atoms with Crippen molar-refractivity contribution in [3.05, 3.63) is 95.2 Å². The Morgan fingerprint density at radius 2 is 1.85 bits per heavy atom. The van der Waals surface area contributed by atoms with E-state index in [9.17, 15) is 9.18 Å². The predicted octanol–water partition coefficient (Wildman–Crippen LogP) is 4.36. The number of furan rings is 1. The van der Waals surface area contributed by atoms with Crippen LogP contribution in [0.5, 0.6) is 0 Å². The van der Waals surface area contributed by atoms with Crippen molar-refractivity contribution in [2.24, 2.45) is 4.99 Å². The summed E-state index contributed by atoms with van der Waals surface area (Å²) in [7, 11) is 1.70. The van der Waals surface area contributed by atoms with Gasteiger partial charge in [0.2, 0.25) is 0 Å². The zero-order valence-electron chi connectivity index (χ0n) is 18.4. The van der Waals surface area contributed by atoms with Gasteiger partial charge in [0, 0.05) is 31.1 Å². The first-order chi connectivity index (χ1) is 15.6. The smallest absolute Gasteiger partial charge is 0.251 e. The minimum Gasteiger partial charge on any atom is -0.467 e. The van der Waals surface area contributed by atoms with Crippen molar-refractivity contribution >= 4 is 35.8 Å². The minimum atomic E-state index is -0.172. The summed E-state index contributed by atoms with van der Waals surface area (Å²) >= 11 is 0. The summed E-state index contributed by atoms with van der Waals surface area (Å²) in [6.45, 7) is 1.46. The Balaban J connectivity index is 0.00000306. The Labute approximate surface area is 210 Å². The molecule has 1 aliphatic carbocycles. The van der Waals surface area contributed by atoms with Gasteiger partial charge in [-0.3, -0.25) is 9.79 Å². The summed E-state index contributed by atoms with van der Waals surface area (Å²) in [5.41, 5.74) is 2.12. The van der Waals surface area contributed by atoms with Crippen molar-refractivity contribution in [1.82, 2.24) is 16.0 Å². The van der Waals surface area contributed by atoms with Crippen LogP contribution in [0.2, 0.25) is 0 Å². The van der Waals surface area contributed by atoms with Crippen LogP contribution in [0.1, 0.15) is 40.1 Å². The molecule has 6 nitrogen and oxygen atoms in total. The normalized spacial score (nSPS) is 14.2. The third kappa shape index (κ3) is 6.34. The number of benzene rings is 2. The molecule has 3 N–H and O–H groups in total. The van der Waals surface area contributed by atoms with Crippen LogP contribution >= 0.6 is 24.0 Å². The van der Waals surface area contributed by atoms with Gasteiger partial charge in [0.05, 0.1) is 12.8 Å². The van der Waals surface area contributed by atoms with E-state index >= 15 is 0 Å². The van der Waals surface area contributed by atoms with E-state index in [1.807, 2.05) is 36.4 Å². The molecule has 0 bridgehead atoms. The number of carbonyl (C=O) groups is 1. The van der Waals surface area contributed by atoms with Gasteiger partial charge >= 0.3 is 0 Å². The highest BCUT2D eigenvalue weighted by Crippen LogP contribution is 2.48. The Kier molecular flexibility index (Phi) is 8.49. The van der Waals surface area contributed by atoms with E-state index in [-0.39, 0.29) is 41.1 Å². The average molecular weight is 562 g/mol. The van der Waals surface area contributed by atoms with Crippen LogP contribution < -0.4 is 16.0 Å². The fourth-order valence-electron chi connectivity index (χ4n) is 3.75. The highest BCUT2D eigenvalue weighted by Gasteiger charge is 2.45. The molecule has 3 aromatic rings. The van der Waals surface area contributed by atoms with Gasteiger partial charge < -0.3 is 20.4 Å². The molecule has 2 aromatic carbocycles. The number of carbonyl (C=O) groups excluding carboxylic acids is 1. The van der Waals surface area contributed by atoms with Crippen LogP contribution in [0, 0.1) is 5.82 Å². The van der Waals surface area contributed by atoms with Crippen LogP contribution in [0.25, 0.3) is 0 Å². The van der Waals surface area contributed by atoms with Gasteiger partial charge in [0.15, 0.2) is 5.96 Å². The first-order valence-electron chi connectivity index (χ1n) is 10.7. The summed E-state index contributed by atoms with van der Waals surface area (Å²) in [5, 5.41) is 9.44. The number of aliphatic imine (C=N–C) groups is 1. The van der Waals surface area contributed by atoms with Crippen molar-refractivity contribution in [2.75, 3.05) is 13.6 Å². The number of guanidine groups is 1. The summed E-state index contributed by atoms with van der Waals surface area (Å²) in [4.78, 5) is 16.7. The molecule has 33 heavy (non-hydrogen) atoms. The quantitative estimate of drug-likeness (QED) is 0.217. The summed E-state index contributed by atoms with van der Waals surface area (Å²) in [6, 6.07) is 18.0. The van der Waals surface area contributed by atoms with Gasteiger partial charge in [-0.15, -0.1) is 24.0 Å². The number of nitrogens with zero attached hydrogens (tertiary/aromatic N) is 1. The number of rotatable bonds is 8. The first-order valence-corrected chi connectivity index (χ1v) is 10.7. The van der Waals surface area contributed by atoms with Gasteiger partial charge in [-0.05, 0) is 54.3 Å². The second-order valence-electron chi connectivity index (χ2n) is 8.00. The van der Waals surface area contributed by atoms with E-state index in [2.05, 4.69) is 20.9 Å². The van der Waals surface area contributed by atoms with Crippen LogP contribution in [0.3, 0.4) is 0 Å². The van der Waals surface area contributed by atoms with Gasteiger partial charge in [0.25, 0.3) is 5.91 Å². The zero-order valence-corrected chi connectivity index (χ0v) is 20.8. The Morgan fingerprint density at radius 3 is 2.55 bits per heavy atom. The largest absolute Gasteiger partial charge is 0.467 e. The fourth-order valence-corrected chi connectivity index (χ4v) is 3.75. The summed E-state index contributed by atoms with van der Waals surface area (Å²) < 4.78 is 19.5. The number of amides is 1. The van der Waals surface area contributed by atoms with E-state index in [0.29, 0.717) is 36.9 Å². The molecule has 0 saturated heterocycles. The molecule has 0 unspecified atom stereocenters. The molecule has 0 radical (unpaired) electrons. The van der Waals surface area contributed by atoms with Crippen LogP contribution in [0.4, 0.5) is 4.39 Å². The molecule has 1 heterocycles. The molecule has 1 saturated carbocycles. The molecule has 174 valence electrons. The lowest BCUT2D eigenvalue weighted by molar-refractivity contribution is 0.0948. The van der Waals surface area contributed by atoms with Gasteiger partial charge in [-0.2, -0.15) is 0 Å². The monoisotopic (exact) mass is 562 g/mol.